The Kier molecular flexibility index (Phi) is 3.79. The molecular formula is C13H16N2O. The van der Waals surface area contributed by atoms with Crippen LogP contribution in [0, 0.1) is 11.3 Å². The standard InChI is InChI=1S/C13H16N2O/c14-9-11-4-6-13(7-5-11)16-10-12-3-1-2-8-15-12/h4-7,12,15H,1-3,8,10H2. The van der Waals surface area contributed by atoms with E-state index in [2.05, 4.69) is 11.4 Å². The predicted octanol–water partition coefficient (Wildman–Crippen LogP) is 2.08. The van der Waals surface area contributed by atoms with E-state index in [1.54, 1.807) is 12.1 Å². The number of hydrogen-bond donors (Lipinski definition) is 1. The largest absolute Gasteiger partial charge is 0.492 e. The van der Waals surface area contributed by atoms with E-state index in [0.29, 0.717) is 18.2 Å². The highest BCUT2D eigenvalue weighted by molar-refractivity contribution is 5.34. The van der Waals surface area contributed by atoms with Crippen molar-refractivity contribution in [3.63, 3.8) is 0 Å². The van der Waals surface area contributed by atoms with Gasteiger partial charge in [0.15, 0.2) is 0 Å². The Morgan fingerprint density at radius 2 is 2.12 bits per heavy atom. The highest BCUT2D eigenvalue weighted by atomic mass is 16.5. The zero-order valence-corrected chi connectivity index (χ0v) is 9.28. The molecule has 2 rings (SSSR count). The van der Waals surface area contributed by atoms with Gasteiger partial charge in [0.05, 0.1) is 11.6 Å². The molecule has 3 heteroatoms. The summed E-state index contributed by atoms with van der Waals surface area (Å²) in [4.78, 5) is 0. The summed E-state index contributed by atoms with van der Waals surface area (Å²) in [5.41, 5.74) is 0.670. The topological polar surface area (TPSA) is 45.0 Å². The maximum atomic E-state index is 8.66. The van der Waals surface area contributed by atoms with Gasteiger partial charge in [-0.05, 0) is 43.7 Å². The number of nitrogens with zero attached hydrogens (tertiary/aromatic N) is 1. The van der Waals surface area contributed by atoms with Crippen LogP contribution in [0.3, 0.4) is 0 Å². The summed E-state index contributed by atoms with van der Waals surface area (Å²) in [7, 11) is 0. The van der Waals surface area contributed by atoms with Gasteiger partial charge in [-0.3, -0.25) is 0 Å². The van der Waals surface area contributed by atoms with Crippen LogP contribution in [0.5, 0.6) is 5.75 Å². The molecule has 0 aliphatic carbocycles. The molecule has 0 bridgehead atoms. The molecule has 1 aromatic carbocycles. The molecule has 0 aromatic heterocycles. The lowest BCUT2D eigenvalue weighted by molar-refractivity contribution is 0.239. The van der Waals surface area contributed by atoms with Gasteiger partial charge in [0, 0.05) is 6.04 Å². The quantitative estimate of drug-likeness (QED) is 0.841. The van der Waals surface area contributed by atoms with Crippen LogP contribution in [0.1, 0.15) is 24.8 Å². The van der Waals surface area contributed by atoms with Crippen LogP contribution < -0.4 is 10.1 Å². The lowest BCUT2D eigenvalue weighted by Gasteiger charge is -2.23. The summed E-state index contributed by atoms with van der Waals surface area (Å²) in [6, 6.07) is 9.83. The monoisotopic (exact) mass is 216 g/mol. The summed E-state index contributed by atoms with van der Waals surface area (Å²) in [5, 5.41) is 12.1. The van der Waals surface area contributed by atoms with Crippen molar-refractivity contribution in [2.24, 2.45) is 0 Å². The van der Waals surface area contributed by atoms with Crippen molar-refractivity contribution in [2.75, 3.05) is 13.2 Å². The molecule has 1 heterocycles. The van der Waals surface area contributed by atoms with Crippen molar-refractivity contribution in [1.82, 2.24) is 5.32 Å². The smallest absolute Gasteiger partial charge is 0.119 e. The molecule has 1 unspecified atom stereocenters. The van der Waals surface area contributed by atoms with Crippen molar-refractivity contribution in [3.05, 3.63) is 29.8 Å². The minimum absolute atomic E-state index is 0.476. The van der Waals surface area contributed by atoms with E-state index in [9.17, 15) is 0 Å². The number of ether oxygens (including phenoxy) is 1. The molecule has 16 heavy (non-hydrogen) atoms. The first-order valence-electron chi connectivity index (χ1n) is 5.75. The first-order valence-corrected chi connectivity index (χ1v) is 5.75. The van der Waals surface area contributed by atoms with E-state index < -0.39 is 0 Å². The Hall–Kier alpha value is -1.53. The summed E-state index contributed by atoms with van der Waals surface area (Å²) in [6.07, 6.45) is 3.75. The zero-order chi connectivity index (χ0) is 11.2. The van der Waals surface area contributed by atoms with E-state index in [1.165, 1.54) is 19.3 Å². The second-order valence-electron chi connectivity index (χ2n) is 4.09. The van der Waals surface area contributed by atoms with E-state index in [4.69, 9.17) is 10.00 Å². The first kappa shape index (κ1) is 11.0. The van der Waals surface area contributed by atoms with Crippen LogP contribution in [0.2, 0.25) is 0 Å². The molecule has 0 spiro atoms. The van der Waals surface area contributed by atoms with Crippen molar-refractivity contribution < 1.29 is 4.74 Å². The fraction of sp³-hybridized carbons (Fsp3) is 0.462. The van der Waals surface area contributed by atoms with Crippen LogP contribution in [0.4, 0.5) is 0 Å². The maximum Gasteiger partial charge on any atom is 0.119 e. The summed E-state index contributed by atoms with van der Waals surface area (Å²) < 4.78 is 5.67. The van der Waals surface area contributed by atoms with E-state index in [-0.39, 0.29) is 0 Å². The fourth-order valence-electron chi connectivity index (χ4n) is 1.89. The van der Waals surface area contributed by atoms with Crippen LogP contribution >= 0.6 is 0 Å². The Morgan fingerprint density at radius 3 is 2.75 bits per heavy atom. The SMILES string of the molecule is N#Cc1ccc(OCC2CCCCN2)cc1. The van der Waals surface area contributed by atoms with Crippen molar-refractivity contribution in [3.8, 4) is 11.8 Å². The van der Waals surface area contributed by atoms with Gasteiger partial charge in [-0.15, -0.1) is 0 Å². The molecule has 0 radical (unpaired) electrons. The molecule has 3 nitrogen and oxygen atoms in total. The molecule has 84 valence electrons. The number of rotatable bonds is 3. The normalized spacial score (nSPS) is 20.1. The van der Waals surface area contributed by atoms with Crippen molar-refractivity contribution >= 4 is 0 Å². The van der Waals surface area contributed by atoms with Crippen LogP contribution in [0.25, 0.3) is 0 Å². The van der Waals surface area contributed by atoms with Crippen LogP contribution in [-0.2, 0) is 0 Å². The molecule has 0 saturated carbocycles. The second-order valence-corrected chi connectivity index (χ2v) is 4.09. The third-order valence-corrected chi connectivity index (χ3v) is 2.85. The Labute approximate surface area is 96.0 Å². The van der Waals surface area contributed by atoms with Gasteiger partial charge in [-0.25, -0.2) is 0 Å². The van der Waals surface area contributed by atoms with Gasteiger partial charge in [0.1, 0.15) is 12.4 Å². The summed E-state index contributed by atoms with van der Waals surface area (Å²) >= 11 is 0. The lowest BCUT2D eigenvalue weighted by atomic mass is 10.1. The number of nitrogens with one attached hydrogen (secondary N) is 1. The van der Waals surface area contributed by atoms with Gasteiger partial charge in [-0.1, -0.05) is 6.42 Å². The lowest BCUT2D eigenvalue weighted by Crippen LogP contribution is -2.38. The second kappa shape index (κ2) is 5.53. The van der Waals surface area contributed by atoms with E-state index in [0.717, 1.165) is 12.3 Å². The molecule has 0 amide bonds. The summed E-state index contributed by atoms with van der Waals surface area (Å²) in [5.74, 6) is 0.839. The van der Waals surface area contributed by atoms with Gasteiger partial charge >= 0.3 is 0 Å². The summed E-state index contributed by atoms with van der Waals surface area (Å²) in [6.45, 7) is 1.81. The highest BCUT2D eigenvalue weighted by Gasteiger charge is 2.12. The number of nitriles is 1. The molecule has 1 saturated heterocycles. The Bertz CT molecular complexity index is 361. The predicted molar refractivity (Wildman–Crippen MR) is 62.3 cm³/mol. The molecule has 1 atom stereocenters. The number of piperidine rings is 1. The fourth-order valence-corrected chi connectivity index (χ4v) is 1.89. The first-order chi connectivity index (χ1) is 7.88. The molecular weight excluding hydrogens is 200 g/mol. The van der Waals surface area contributed by atoms with Crippen LogP contribution in [0.15, 0.2) is 24.3 Å². The van der Waals surface area contributed by atoms with Gasteiger partial charge in [0.25, 0.3) is 0 Å². The van der Waals surface area contributed by atoms with Crippen LogP contribution in [-0.4, -0.2) is 19.2 Å². The van der Waals surface area contributed by atoms with Gasteiger partial charge in [0.2, 0.25) is 0 Å². The minimum atomic E-state index is 0.476. The van der Waals surface area contributed by atoms with Gasteiger partial charge in [-0.2, -0.15) is 5.26 Å². The molecule has 1 fully saturated rings. The molecule has 1 N–H and O–H groups in total. The van der Waals surface area contributed by atoms with E-state index >= 15 is 0 Å². The zero-order valence-electron chi connectivity index (χ0n) is 9.28. The van der Waals surface area contributed by atoms with Crippen molar-refractivity contribution in [1.29, 1.82) is 5.26 Å². The molecule has 1 aliphatic heterocycles. The maximum absolute atomic E-state index is 8.66. The van der Waals surface area contributed by atoms with E-state index in [1.807, 2.05) is 12.1 Å². The third-order valence-electron chi connectivity index (χ3n) is 2.85. The number of benzene rings is 1. The third kappa shape index (κ3) is 2.98. The van der Waals surface area contributed by atoms with Crippen molar-refractivity contribution in [2.45, 2.75) is 25.3 Å². The Morgan fingerprint density at radius 1 is 1.31 bits per heavy atom. The molecule has 1 aromatic rings. The molecule has 1 aliphatic rings. The number of hydrogen-bond acceptors (Lipinski definition) is 3. The minimum Gasteiger partial charge on any atom is -0.492 e. The average molecular weight is 216 g/mol. The Balaban J connectivity index is 1.82. The average Bonchev–Trinajstić information content (AvgIpc) is 2.38. The van der Waals surface area contributed by atoms with Gasteiger partial charge < -0.3 is 10.1 Å². The highest BCUT2D eigenvalue weighted by Crippen LogP contribution is 2.13.